The van der Waals surface area contributed by atoms with E-state index in [4.69, 9.17) is 0 Å². The van der Waals surface area contributed by atoms with Crippen molar-refractivity contribution in [3.63, 3.8) is 0 Å². The highest BCUT2D eigenvalue weighted by Gasteiger charge is 2.04. The van der Waals surface area contributed by atoms with Gasteiger partial charge in [-0.2, -0.15) is 0 Å². The lowest BCUT2D eigenvalue weighted by Gasteiger charge is -2.08. The Morgan fingerprint density at radius 2 is 1.10 bits per heavy atom. The minimum absolute atomic E-state index is 1.08. The number of rotatable bonds is 2. The van der Waals surface area contributed by atoms with E-state index in [2.05, 4.69) is 115 Å². The standard InChI is InChI=1S/C18H11Br2I/c19-16-8-15(9-17(20)11-16)13-4-1-3-12(7-13)14-5-2-6-18(21)10-14/h1-11H. The summed E-state index contributed by atoms with van der Waals surface area (Å²) >= 11 is 9.45. The summed E-state index contributed by atoms with van der Waals surface area (Å²) in [4.78, 5) is 0. The molecule has 0 N–H and O–H groups in total. The SMILES string of the molecule is Brc1cc(Br)cc(-c2cccc(-c3cccc(I)c3)c2)c1. The van der Waals surface area contributed by atoms with Crippen molar-refractivity contribution in [1.29, 1.82) is 0 Å². The van der Waals surface area contributed by atoms with Gasteiger partial charge in [0.25, 0.3) is 0 Å². The molecule has 0 saturated carbocycles. The van der Waals surface area contributed by atoms with E-state index in [1.807, 2.05) is 6.07 Å². The van der Waals surface area contributed by atoms with Gasteiger partial charge < -0.3 is 0 Å². The highest BCUT2D eigenvalue weighted by atomic mass is 127. The smallest absolute Gasteiger partial charge is 0.0192 e. The van der Waals surface area contributed by atoms with Crippen molar-refractivity contribution < 1.29 is 0 Å². The molecular formula is C18H11Br2I. The van der Waals surface area contributed by atoms with Gasteiger partial charge >= 0.3 is 0 Å². The number of benzene rings is 3. The molecule has 3 rings (SSSR count). The van der Waals surface area contributed by atoms with Gasteiger partial charge in [0, 0.05) is 12.5 Å². The van der Waals surface area contributed by atoms with Crippen molar-refractivity contribution in [2.24, 2.45) is 0 Å². The number of hydrogen-bond donors (Lipinski definition) is 0. The largest absolute Gasteiger partial charge is 0.0610 e. The van der Waals surface area contributed by atoms with Crippen LogP contribution in [0.1, 0.15) is 0 Å². The third-order valence-electron chi connectivity index (χ3n) is 3.22. The first-order valence-corrected chi connectivity index (χ1v) is 9.11. The molecule has 104 valence electrons. The van der Waals surface area contributed by atoms with E-state index in [0.29, 0.717) is 0 Å². The summed E-state index contributed by atoms with van der Waals surface area (Å²) in [6.45, 7) is 0. The van der Waals surface area contributed by atoms with E-state index in [0.717, 1.165) is 8.95 Å². The van der Waals surface area contributed by atoms with Crippen LogP contribution in [-0.4, -0.2) is 0 Å². The topological polar surface area (TPSA) is 0 Å². The Labute approximate surface area is 155 Å². The molecule has 0 radical (unpaired) electrons. The van der Waals surface area contributed by atoms with Gasteiger partial charge in [-0.15, -0.1) is 0 Å². The third-order valence-corrected chi connectivity index (χ3v) is 4.80. The fourth-order valence-electron chi connectivity index (χ4n) is 2.27. The summed E-state index contributed by atoms with van der Waals surface area (Å²) in [5, 5.41) is 0. The molecule has 0 heterocycles. The third kappa shape index (κ3) is 3.76. The van der Waals surface area contributed by atoms with Crippen LogP contribution in [0.5, 0.6) is 0 Å². The van der Waals surface area contributed by atoms with Crippen molar-refractivity contribution in [3.05, 3.63) is 79.2 Å². The minimum atomic E-state index is 1.08. The molecular weight excluding hydrogens is 503 g/mol. The van der Waals surface area contributed by atoms with Crippen LogP contribution in [0.2, 0.25) is 0 Å². The zero-order valence-corrected chi connectivity index (χ0v) is 16.3. The maximum absolute atomic E-state index is 3.55. The van der Waals surface area contributed by atoms with E-state index < -0.39 is 0 Å². The highest BCUT2D eigenvalue weighted by molar-refractivity contribution is 14.1. The zero-order valence-electron chi connectivity index (χ0n) is 11.0. The molecule has 0 bridgehead atoms. The zero-order chi connectivity index (χ0) is 14.8. The Morgan fingerprint density at radius 1 is 0.571 bits per heavy atom. The summed E-state index contributed by atoms with van der Waals surface area (Å²) in [6, 6.07) is 23.5. The first-order valence-electron chi connectivity index (χ1n) is 6.44. The first-order chi connectivity index (χ1) is 10.1. The van der Waals surface area contributed by atoms with Crippen LogP contribution in [0.15, 0.2) is 75.7 Å². The van der Waals surface area contributed by atoms with Gasteiger partial charge in [0.15, 0.2) is 0 Å². The van der Waals surface area contributed by atoms with Crippen LogP contribution in [0.25, 0.3) is 22.3 Å². The number of halogens is 3. The molecule has 3 heteroatoms. The fraction of sp³-hybridized carbons (Fsp3) is 0. The van der Waals surface area contributed by atoms with E-state index in [9.17, 15) is 0 Å². The summed E-state index contributed by atoms with van der Waals surface area (Å²) in [7, 11) is 0. The Bertz CT molecular complexity index is 776. The molecule has 21 heavy (non-hydrogen) atoms. The lowest BCUT2D eigenvalue weighted by atomic mass is 9.99. The second-order valence-electron chi connectivity index (χ2n) is 4.75. The van der Waals surface area contributed by atoms with Crippen molar-refractivity contribution >= 4 is 54.5 Å². The molecule has 0 atom stereocenters. The van der Waals surface area contributed by atoms with Crippen LogP contribution in [0.3, 0.4) is 0 Å². The Hall–Kier alpha value is -0.650. The second-order valence-corrected chi connectivity index (χ2v) is 7.83. The molecule has 0 aromatic heterocycles. The Morgan fingerprint density at radius 3 is 1.71 bits per heavy atom. The summed E-state index contributed by atoms with van der Waals surface area (Å²) in [5.74, 6) is 0. The van der Waals surface area contributed by atoms with Gasteiger partial charge in [0.1, 0.15) is 0 Å². The predicted molar refractivity (Wildman–Crippen MR) is 105 cm³/mol. The van der Waals surface area contributed by atoms with Crippen LogP contribution in [-0.2, 0) is 0 Å². The molecule has 0 amide bonds. The molecule has 0 nitrogen and oxygen atoms in total. The van der Waals surface area contributed by atoms with Gasteiger partial charge in [-0.05, 0) is 81.2 Å². The summed E-state index contributed by atoms with van der Waals surface area (Å²) < 4.78 is 3.40. The molecule has 0 saturated heterocycles. The molecule has 0 spiro atoms. The predicted octanol–water partition coefficient (Wildman–Crippen LogP) is 7.15. The Kier molecular flexibility index (Phi) is 4.82. The molecule has 3 aromatic rings. The molecule has 0 aliphatic rings. The number of hydrogen-bond acceptors (Lipinski definition) is 0. The van der Waals surface area contributed by atoms with Gasteiger partial charge in [-0.3, -0.25) is 0 Å². The second kappa shape index (κ2) is 6.63. The average Bonchev–Trinajstić information content (AvgIpc) is 2.46. The first kappa shape index (κ1) is 15.3. The molecule has 3 aromatic carbocycles. The van der Waals surface area contributed by atoms with E-state index in [1.54, 1.807) is 0 Å². The maximum Gasteiger partial charge on any atom is 0.0192 e. The van der Waals surface area contributed by atoms with Crippen molar-refractivity contribution in [3.8, 4) is 22.3 Å². The maximum atomic E-state index is 3.55. The van der Waals surface area contributed by atoms with Gasteiger partial charge in [0.2, 0.25) is 0 Å². The summed E-state index contributed by atoms with van der Waals surface area (Å²) in [5.41, 5.74) is 4.90. The summed E-state index contributed by atoms with van der Waals surface area (Å²) in [6.07, 6.45) is 0. The highest BCUT2D eigenvalue weighted by Crippen LogP contribution is 2.31. The van der Waals surface area contributed by atoms with Gasteiger partial charge in [-0.1, -0.05) is 62.2 Å². The van der Waals surface area contributed by atoms with Crippen molar-refractivity contribution in [2.45, 2.75) is 0 Å². The molecule has 0 unspecified atom stereocenters. The van der Waals surface area contributed by atoms with E-state index >= 15 is 0 Å². The monoisotopic (exact) mass is 512 g/mol. The normalized spacial score (nSPS) is 10.6. The van der Waals surface area contributed by atoms with Crippen molar-refractivity contribution in [2.75, 3.05) is 0 Å². The van der Waals surface area contributed by atoms with E-state index in [1.165, 1.54) is 25.8 Å². The van der Waals surface area contributed by atoms with Crippen LogP contribution in [0, 0.1) is 3.57 Å². The Balaban J connectivity index is 2.08. The van der Waals surface area contributed by atoms with Crippen LogP contribution < -0.4 is 0 Å². The van der Waals surface area contributed by atoms with E-state index in [-0.39, 0.29) is 0 Å². The molecule has 0 aliphatic carbocycles. The molecule has 0 fully saturated rings. The lowest BCUT2D eigenvalue weighted by molar-refractivity contribution is 1.54. The average molecular weight is 514 g/mol. The fourth-order valence-corrected chi connectivity index (χ4v) is 4.10. The quantitative estimate of drug-likeness (QED) is 0.319. The van der Waals surface area contributed by atoms with Crippen LogP contribution >= 0.6 is 54.5 Å². The van der Waals surface area contributed by atoms with Crippen molar-refractivity contribution in [1.82, 2.24) is 0 Å². The van der Waals surface area contributed by atoms with Gasteiger partial charge in [0.05, 0.1) is 0 Å². The van der Waals surface area contributed by atoms with Crippen LogP contribution in [0.4, 0.5) is 0 Å². The van der Waals surface area contributed by atoms with Gasteiger partial charge in [-0.25, -0.2) is 0 Å². The molecule has 0 aliphatic heterocycles. The lowest BCUT2D eigenvalue weighted by Crippen LogP contribution is -1.83. The minimum Gasteiger partial charge on any atom is -0.0610 e.